The molecule has 2 saturated heterocycles. The predicted molar refractivity (Wildman–Crippen MR) is 92.3 cm³/mol. The summed E-state index contributed by atoms with van der Waals surface area (Å²) in [5.41, 5.74) is 0.942. The van der Waals surface area contributed by atoms with Crippen LogP contribution < -0.4 is 9.47 Å². The molecule has 2 aliphatic rings. The van der Waals surface area contributed by atoms with Crippen LogP contribution in [0.5, 0.6) is 11.5 Å². The van der Waals surface area contributed by atoms with Gasteiger partial charge in [0.15, 0.2) is 11.5 Å². The number of thioether (sulfide) groups is 1. The Hall–Kier alpha value is -1.89. The molecule has 130 valence electrons. The Morgan fingerprint density at radius 1 is 1.21 bits per heavy atom. The van der Waals surface area contributed by atoms with Crippen molar-refractivity contribution in [2.24, 2.45) is 0 Å². The van der Waals surface area contributed by atoms with E-state index in [1.807, 2.05) is 23.1 Å². The van der Waals surface area contributed by atoms with Crippen LogP contribution >= 0.6 is 11.8 Å². The van der Waals surface area contributed by atoms with Crippen molar-refractivity contribution in [1.29, 1.82) is 0 Å². The van der Waals surface area contributed by atoms with Gasteiger partial charge in [0, 0.05) is 13.1 Å². The number of amides is 2. The van der Waals surface area contributed by atoms with Crippen LogP contribution in [0.2, 0.25) is 0 Å². The third-order valence-electron chi connectivity index (χ3n) is 4.43. The maximum Gasteiger partial charge on any atom is 0.242 e. The topological polar surface area (TPSA) is 59.1 Å². The maximum atomic E-state index is 12.4. The molecule has 6 nitrogen and oxygen atoms in total. The van der Waals surface area contributed by atoms with Crippen LogP contribution in [0.1, 0.15) is 23.8 Å². The minimum Gasteiger partial charge on any atom is -0.493 e. The summed E-state index contributed by atoms with van der Waals surface area (Å²) in [6, 6.07) is 5.63. The molecule has 0 radical (unpaired) electrons. The first-order valence-electron chi connectivity index (χ1n) is 8.05. The van der Waals surface area contributed by atoms with Crippen LogP contribution in [0, 0.1) is 0 Å². The van der Waals surface area contributed by atoms with Gasteiger partial charge in [0.05, 0.1) is 20.0 Å². The van der Waals surface area contributed by atoms with Crippen molar-refractivity contribution < 1.29 is 19.1 Å². The molecule has 0 spiro atoms. The Bertz CT molecular complexity index is 631. The minimum absolute atomic E-state index is 0.00679. The number of carbonyl (C=O) groups is 2. The first-order valence-corrected chi connectivity index (χ1v) is 9.09. The quantitative estimate of drug-likeness (QED) is 0.812. The average molecular weight is 350 g/mol. The molecule has 2 fully saturated rings. The van der Waals surface area contributed by atoms with Crippen LogP contribution in [0.25, 0.3) is 0 Å². The highest BCUT2D eigenvalue weighted by molar-refractivity contribution is 8.00. The Morgan fingerprint density at radius 2 is 1.92 bits per heavy atom. The summed E-state index contributed by atoms with van der Waals surface area (Å²) in [6.07, 6.45) is 2.10. The standard InChI is InChI=1S/C17H22N2O4S/c1-22-13-6-5-12(9-14(13)23-2)17-19(16(21)11-24-17)10-15(20)18-7-3-4-8-18/h5-6,9,17H,3-4,7-8,10-11H2,1-2H3/t17-/m0/s1. The zero-order valence-corrected chi connectivity index (χ0v) is 14.8. The van der Waals surface area contributed by atoms with Gasteiger partial charge < -0.3 is 19.3 Å². The Morgan fingerprint density at radius 3 is 2.58 bits per heavy atom. The first-order chi connectivity index (χ1) is 11.6. The predicted octanol–water partition coefficient (Wildman–Crippen LogP) is 1.90. The molecule has 1 aromatic rings. The normalized spacial score (nSPS) is 20.6. The number of nitrogens with zero attached hydrogens (tertiary/aromatic N) is 2. The fourth-order valence-corrected chi connectivity index (χ4v) is 4.30. The molecular formula is C17H22N2O4S. The summed E-state index contributed by atoms with van der Waals surface area (Å²) < 4.78 is 10.6. The largest absolute Gasteiger partial charge is 0.493 e. The van der Waals surface area contributed by atoms with E-state index in [0.717, 1.165) is 31.5 Å². The monoisotopic (exact) mass is 350 g/mol. The van der Waals surface area contributed by atoms with Gasteiger partial charge in [-0.15, -0.1) is 11.8 Å². The maximum absolute atomic E-state index is 12.4. The second-order valence-electron chi connectivity index (χ2n) is 5.89. The van der Waals surface area contributed by atoms with Crippen molar-refractivity contribution in [3.8, 4) is 11.5 Å². The van der Waals surface area contributed by atoms with E-state index in [2.05, 4.69) is 0 Å². The summed E-state index contributed by atoms with van der Waals surface area (Å²) >= 11 is 1.54. The Labute approximate surface area is 146 Å². The van der Waals surface area contributed by atoms with Crippen LogP contribution in [-0.2, 0) is 9.59 Å². The van der Waals surface area contributed by atoms with Gasteiger partial charge in [-0.1, -0.05) is 6.07 Å². The summed E-state index contributed by atoms with van der Waals surface area (Å²) in [5, 5.41) is -0.163. The molecule has 0 unspecified atom stereocenters. The highest BCUT2D eigenvalue weighted by atomic mass is 32.2. The summed E-state index contributed by atoms with van der Waals surface area (Å²) in [4.78, 5) is 28.2. The zero-order valence-electron chi connectivity index (χ0n) is 14.0. The van der Waals surface area contributed by atoms with Gasteiger partial charge in [-0.05, 0) is 30.5 Å². The molecule has 3 rings (SSSR count). The number of carbonyl (C=O) groups excluding carboxylic acids is 2. The van der Waals surface area contributed by atoms with Crippen molar-refractivity contribution in [2.75, 3.05) is 39.6 Å². The fraction of sp³-hybridized carbons (Fsp3) is 0.529. The smallest absolute Gasteiger partial charge is 0.242 e. The SMILES string of the molecule is COc1ccc([C@@H]2SCC(=O)N2CC(=O)N2CCCC2)cc1OC. The lowest BCUT2D eigenvalue weighted by atomic mass is 10.1. The number of likely N-dealkylation sites (tertiary alicyclic amines) is 1. The molecule has 0 saturated carbocycles. The van der Waals surface area contributed by atoms with Gasteiger partial charge in [-0.25, -0.2) is 0 Å². The Kier molecular flexibility index (Phi) is 5.18. The minimum atomic E-state index is -0.163. The molecule has 0 aliphatic carbocycles. The summed E-state index contributed by atoms with van der Waals surface area (Å²) in [6.45, 7) is 1.74. The van der Waals surface area contributed by atoms with Crippen molar-refractivity contribution in [1.82, 2.24) is 9.80 Å². The van der Waals surface area contributed by atoms with Crippen molar-refractivity contribution in [3.05, 3.63) is 23.8 Å². The van der Waals surface area contributed by atoms with Crippen LogP contribution in [0.15, 0.2) is 18.2 Å². The molecule has 2 amide bonds. The van der Waals surface area contributed by atoms with Crippen molar-refractivity contribution >= 4 is 23.6 Å². The highest BCUT2D eigenvalue weighted by Crippen LogP contribution is 2.41. The number of methoxy groups -OCH3 is 2. The van der Waals surface area contributed by atoms with E-state index in [1.165, 1.54) is 11.8 Å². The van der Waals surface area contributed by atoms with Gasteiger partial charge in [0.2, 0.25) is 11.8 Å². The molecule has 1 atom stereocenters. The molecule has 1 aromatic carbocycles. The van der Waals surface area contributed by atoms with Crippen LogP contribution in [-0.4, -0.2) is 61.2 Å². The van der Waals surface area contributed by atoms with E-state index in [1.54, 1.807) is 19.1 Å². The lowest BCUT2D eigenvalue weighted by Gasteiger charge is -2.26. The molecular weight excluding hydrogens is 328 g/mol. The number of benzene rings is 1. The van der Waals surface area contributed by atoms with Gasteiger partial charge >= 0.3 is 0 Å². The van der Waals surface area contributed by atoms with E-state index >= 15 is 0 Å². The van der Waals surface area contributed by atoms with Gasteiger partial charge in [-0.3, -0.25) is 9.59 Å². The van der Waals surface area contributed by atoms with Gasteiger partial charge in [0.1, 0.15) is 11.9 Å². The average Bonchev–Trinajstić information content (AvgIpc) is 3.25. The number of hydrogen-bond acceptors (Lipinski definition) is 5. The third-order valence-corrected chi connectivity index (χ3v) is 5.68. The number of rotatable bonds is 5. The van der Waals surface area contributed by atoms with Gasteiger partial charge in [0.25, 0.3) is 0 Å². The van der Waals surface area contributed by atoms with Crippen molar-refractivity contribution in [2.45, 2.75) is 18.2 Å². The second-order valence-corrected chi connectivity index (χ2v) is 6.96. The van der Waals surface area contributed by atoms with E-state index in [0.29, 0.717) is 17.3 Å². The second kappa shape index (κ2) is 7.34. The summed E-state index contributed by atoms with van der Waals surface area (Å²) in [7, 11) is 3.18. The number of ether oxygens (including phenoxy) is 2. The molecule has 0 N–H and O–H groups in total. The van der Waals surface area contributed by atoms with Crippen molar-refractivity contribution in [3.63, 3.8) is 0 Å². The lowest BCUT2D eigenvalue weighted by Crippen LogP contribution is -2.40. The van der Waals surface area contributed by atoms with E-state index < -0.39 is 0 Å². The highest BCUT2D eigenvalue weighted by Gasteiger charge is 2.35. The Balaban J connectivity index is 1.78. The van der Waals surface area contributed by atoms with E-state index in [-0.39, 0.29) is 23.7 Å². The molecule has 7 heteroatoms. The van der Waals surface area contributed by atoms with Crippen LogP contribution in [0.3, 0.4) is 0 Å². The number of hydrogen-bond donors (Lipinski definition) is 0. The lowest BCUT2D eigenvalue weighted by molar-refractivity contribution is -0.138. The van der Waals surface area contributed by atoms with E-state index in [4.69, 9.17) is 9.47 Å². The van der Waals surface area contributed by atoms with E-state index in [9.17, 15) is 9.59 Å². The molecule has 0 bridgehead atoms. The van der Waals surface area contributed by atoms with Crippen LogP contribution in [0.4, 0.5) is 0 Å². The molecule has 2 heterocycles. The molecule has 0 aromatic heterocycles. The molecule has 2 aliphatic heterocycles. The fourth-order valence-electron chi connectivity index (χ4n) is 3.12. The zero-order chi connectivity index (χ0) is 17.1. The molecule has 24 heavy (non-hydrogen) atoms. The van der Waals surface area contributed by atoms with Gasteiger partial charge in [-0.2, -0.15) is 0 Å². The first kappa shape index (κ1) is 17.0. The third kappa shape index (κ3) is 3.31. The summed E-state index contributed by atoms with van der Waals surface area (Å²) in [5.74, 6) is 1.71.